The number of benzene rings is 1. The quantitative estimate of drug-likeness (QED) is 0.849. The number of carbonyl (C=O) groups is 2. The minimum atomic E-state index is -0.469. The Morgan fingerprint density at radius 2 is 2.05 bits per heavy atom. The van der Waals surface area contributed by atoms with E-state index in [1.807, 2.05) is 44.2 Å². The van der Waals surface area contributed by atoms with Crippen molar-refractivity contribution in [1.82, 2.24) is 10.3 Å². The minimum absolute atomic E-state index is 0.306. The third-order valence-electron chi connectivity index (χ3n) is 3.09. The molecule has 0 saturated heterocycles. The number of aldehydes is 1. The van der Waals surface area contributed by atoms with Gasteiger partial charge in [0.15, 0.2) is 0 Å². The average Bonchev–Trinajstić information content (AvgIpc) is 2.45. The second-order valence-corrected chi connectivity index (χ2v) is 5.23. The van der Waals surface area contributed by atoms with E-state index in [-0.39, 0.29) is 5.91 Å². The number of amides is 1. The molecule has 4 heteroatoms. The molecule has 0 saturated carbocycles. The standard InChI is InChI=1S/C16H18N2O2/c1-11(2)9-13(10-19)18-16(20)15-14-6-4-3-5-12(14)7-8-17-15/h3-8,10-11,13H,9H2,1-2H3,(H,18,20)/t13-/m0/s1. The predicted molar refractivity (Wildman–Crippen MR) is 78.5 cm³/mol. The van der Waals surface area contributed by atoms with Crippen LogP contribution in [0.3, 0.4) is 0 Å². The molecule has 2 aromatic rings. The highest BCUT2D eigenvalue weighted by atomic mass is 16.2. The van der Waals surface area contributed by atoms with E-state index in [0.29, 0.717) is 18.0 Å². The Bertz CT molecular complexity index is 617. The SMILES string of the molecule is CC(C)C[C@@H](C=O)NC(=O)c1nccc2ccccc12. The lowest BCUT2D eigenvalue weighted by atomic mass is 10.0. The molecule has 4 nitrogen and oxygen atoms in total. The Morgan fingerprint density at radius 3 is 2.75 bits per heavy atom. The van der Waals surface area contributed by atoms with Crippen LogP contribution in [0.1, 0.15) is 30.8 Å². The highest BCUT2D eigenvalue weighted by Crippen LogP contribution is 2.16. The zero-order chi connectivity index (χ0) is 14.5. The first-order chi connectivity index (χ1) is 9.61. The monoisotopic (exact) mass is 270 g/mol. The molecule has 1 heterocycles. The molecule has 1 aromatic heterocycles. The number of nitrogens with one attached hydrogen (secondary N) is 1. The molecule has 1 amide bonds. The Kier molecular flexibility index (Phi) is 4.45. The van der Waals surface area contributed by atoms with Crippen LogP contribution in [0.5, 0.6) is 0 Å². The summed E-state index contributed by atoms with van der Waals surface area (Å²) < 4.78 is 0. The molecule has 2 rings (SSSR count). The van der Waals surface area contributed by atoms with E-state index in [9.17, 15) is 9.59 Å². The molecule has 20 heavy (non-hydrogen) atoms. The van der Waals surface area contributed by atoms with Crippen molar-refractivity contribution in [2.45, 2.75) is 26.3 Å². The van der Waals surface area contributed by atoms with Gasteiger partial charge in [-0.3, -0.25) is 9.78 Å². The second-order valence-electron chi connectivity index (χ2n) is 5.23. The summed E-state index contributed by atoms with van der Waals surface area (Å²) in [4.78, 5) is 27.5. The predicted octanol–water partition coefficient (Wildman–Crippen LogP) is 2.58. The van der Waals surface area contributed by atoms with Crippen LogP contribution in [0.2, 0.25) is 0 Å². The number of aromatic nitrogens is 1. The van der Waals surface area contributed by atoms with Gasteiger partial charge in [-0.2, -0.15) is 0 Å². The maximum Gasteiger partial charge on any atom is 0.271 e. The molecule has 0 spiro atoms. The molecule has 0 radical (unpaired) electrons. The van der Waals surface area contributed by atoms with Crippen LogP contribution in [0.4, 0.5) is 0 Å². The van der Waals surface area contributed by atoms with E-state index in [0.717, 1.165) is 17.1 Å². The van der Waals surface area contributed by atoms with Crippen molar-refractivity contribution in [3.8, 4) is 0 Å². The zero-order valence-corrected chi connectivity index (χ0v) is 11.7. The average molecular weight is 270 g/mol. The fraction of sp³-hybridized carbons (Fsp3) is 0.312. The fourth-order valence-electron chi connectivity index (χ4n) is 2.19. The Hall–Kier alpha value is -2.23. The molecular weight excluding hydrogens is 252 g/mol. The minimum Gasteiger partial charge on any atom is -0.341 e. The molecule has 0 aliphatic heterocycles. The zero-order valence-electron chi connectivity index (χ0n) is 11.7. The van der Waals surface area contributed by atoms with Gasteiger partial charge >= 0.3 is 0 Å². The third-order valence-corrected chi connectivity index (χ3v) is 3.09. The van der Waals surface area contributed by atoms with E-state index >= 15 is 0 Å². The number of fused-ring (bicyclic) bond motifs is 1. The van der Waals surface area contributed by atoms with Gasteiger partial charge in [-0.1, -0.05) is 38.1 Å². The van der Waals surface area contributed by atoms with Gasteiger partial charge in [0.2, 0.25) is 0 Å². The molecule has 0 fully saturated rings. The molecule has 0 aliphatic carbocycles. The molecular formula is C16H18N2O2. The summed E-state index contributed by atoms with van der Waals surface area (Å²) in [6.07, 6.45) is 3.01. The van der Waals surface area contributed by atoms with Crippen LogP contribution in [-0.2, 0) is 4.79 Å². The number of hydrogen-bond donors (Lipinski definition) is 1. The molecule has 104 valence electrons. The first kappa shape index (κ1) is 14.2. The lowest BCUT2D eigenvalue weighted by Crippen LogP contribution is -2.37. The number of nitrogens with zero attached hydrogens (tertiary/aromatic N) is 1. The van der Waals surface area contributed by atoms with Gasteiger partial charge in [0, 0.05) is 11.6 Å². The Morgan fingerprint density at radius 1 is 1.30 bits per heavy atom. The van der Waals surface area contributed by atoms with Crippen LogP contribution in [0, 0.1) is 5.92 Å². The van der Waals surface area contributed by atoms with Crippen LogP contribution < -0.4 is 5.32 Å². The van der Waals surface area contributed by atoms with Gasteiger partial charge in [0.05, 0.1) is 6.04 Å². The van der Waals surface area contributed by atoms with Crippen LogP contribution >= 0.6 is 0 Å². The molecule has 0 bridgehead atoms. The van der Waals surface area contributed by atoms with Crippen molar-refractivity contribution in [2.75, 3.05) is 0 Å². The van der Waals surface area contributed by atoms with Gasteiger partial charge in [-0.15, -0.1) is 0 Å². The van der Waals surface area contributed by atoms with Crippen LogP contribution in [0.15, 0.2) is 36.5 Å². The molecule has 0 aliphatic rings. The maximum atomic E-state index is 12.3. The van der Waals surface area contributed by atoms with E-state index in [1.54, 1.807) is 6.20 Å². The number of pyridine rings is 1. The lowest BCUT2D eigenvalue weighted by Gasteiger charge is -2.15. The summed E-state index contributed by atoms with van der Waals surface area (Å²) in [5.41, 5.74) is 0.360. The topological polar surface area (TPSA) is 59.1 Å². The van der Waals surface area contributed by atoms with Crippen molar-refractivity contribution < 1.29 is 9.59 Å². The van der Waals surface area contributed by atoms with Gasteiger partial charge < -0.3 is 10.1 Å². The van der Waals surface area contributed by atoms with Crippen molar-refractivity contribution in [2.24, 2.45) is 5.92 Å². The normalized spacial score (nSPS) is 12.3. The van der Waals surface area contributed by atoms with Crippen LogP contribution in [-0.4, -0.2) is 23.2 Å². The lowest BCUT2D eigenvalue weighted by molar-refractivity contribution is -0.109. The van der Waals surface area contributed by atoms with Gasteiger partial charge in [0.25, 0.3) is 5.91 Å². The van der Waals surface area contributed by atoms with Gasteiger partial charge in [-0.05, 0) is 23.8 Å². The summed E-state index contributed by atoms with van der Waals surface area (Å²) in [6, 6.07) is 8.96. The summed E-state index contributed by atoms with van der Waals surface area (Å²) in [5.74, 6) is 0.0329. The summed E-state index contributed by atoms with van der Waals surface area (Å²) >= 11 is 0. The van der Waals surface area contributed by atoms with Gasteiger partial charge in [-0.25, -0.2) is 0 Å². The second kappa shape index (κ2) is 6.28. The van der Waals surface area contributed by atoms with E-state index in [1.165, 1.54) is 0 Å². The Labute approximate surface area is 118 Å². The first-order valence-corrected chi connectivity index (χ1v) is 6.71. The van der Waals surface area contributed by atoms with Crippen LogP contribution in [0.25, 0.3) is 10.8 Å². The first-order valence-electron chi connectivity index (χ1n) is 6.71. The number of hydrogen-bond acceptors (Lipinski definition) is 3. The maximum absolute atomic E-state index is 12.3. The largest absolute Gasteiger partial charge is 0.341 e. The van der Waals surface area contributed by atoms with Crippen molar-refractivity contribution in [3.63, 3.8) is 0 Å². The molecule has 1 N–H and O–H groups in total. The van der Waals surface area contributed by atoms with E-state index < -0.39 is 6.04 Å². The number of rotatable bonds is 5. The fourth-order valence-corrected chi connectivity index (χ4v) is 2.19. The number of carbonyl (C=O) groups excluding carboxylic acids is 2. The van der Waals surface area contributed by atoms with Crippen molar-refractivity contribution in [1.29, 1.82) is 0 Å². The molecule has 0 unspecified atom stereocenters. The summed E-state index contributed by atoms with van der Waals surface area (Å²) in [5, 5.41) is 4.49. The van der Waals surface area contributed by atoms with Crippen molar-refractivity contribution >= 4 is 23.0 Å². The van der Waals surface area contributed by atoms with Gasteiger partial charge in [0.1, 0.15) is 12.0 Å². The summed E-state index contributed by atoms with van der Waals surface area (Å²) in [6.45, 7) is 4.03. The third kappa shape index (κ3) is 3.20. The molecule has 1 atom stereocenters. The highest BCUT2D eigenvalue weighted by molar-refractivity contribution is 6.05. The summed E-state index contributed by atoms with van der Waals surface area (Å²) in [7, 11) is 0. The van der Waals surface area contributed by atoms with Crippen molar-refractivity contribution in [3.05, 3.63) is 42.2 Å². The highest BCUT2D eigenvalue weighted by Gasteiger charge is 2.17. The molecule has 1 aromatic carbocycles. The Balaban J connectivity index is 2.25. The smallest absolute Gasteiger partial charge is 0.271 e. The van der Waals surface area contributed by atoms with E-state index in [2.05, 4.69) is 10.3 Å². The van der Waals surface area contributed by atoms with E-state index in [4.69, 9.17) is 0 Å².